The van der Waals surface area contributed by atoms with Gasteiger partial charge in [0.15, 0.2) is 0 Å². The Morgan fingerprint density at radius 1 is 0.619 bits per heavy atom. The summed E-state index contributed by atoms with van der Waals surface area (Å²) in [5.41, 5.74) is 0.610. The summed E-state index contributed by atoms with van der Waals surface area (Å²) in [7, 11) is 0. The average Bonchev–Trinajstić information content (AvgIpc) is 3.65. The summed E-state index contributed by atoms with van der Waals surface area (Å²) >= 11 is 0. The summed E-state index contributed by atoms with van der Waals surface area (Å²) in [6.07, 6.45) is 4.94. The maximum absolute atomic E-state index is 12.3. The Morgan fingerprint density at radius 2 is 1.10 bits per heavy atom. The predicted octanol–water partition coefficient (Wildman–Crippen LogP) is 0.768. The smallest absolute Gasteiger partial charge is 0.333 e. The second-order valence-electron chi connectivity index (χ2n) is 11.8. The van der Waals surface area contributed by atoms with Crippen LogP contribution >= 0.6 is 0 Å². The number of amides is 4. The topological polar surface area (TPSA) is 169 Å². The van der Waals surface area contributed by atoms with E-state index in [1.807, 2.05) is 0 Å². The van der Waals surface area contributed by atoms with E-state index >= 15 is 0 Å². The van der Waals surface area contributed by atoms with Crippen molar-refractivity contribution in [3.05, 3.63) is 24.3 Å². The zero-order valence-corrected chi connectivity index (χ0v) is 24.6. The van der Waals surface area contributed by atoms with Crippen LogP contribution in [0.1, 0.15) is 52.4 Å². The number of fused-ring (bicyclic) bond motifs is 5. The van der Waals surface area contributed by atoms with Crippen LogP contribution in [0.4, 0.5) is 0 Å². The number of hydrogen-bond acceptors (Lipinski definition) is 8. The Bertz CT molecular complexity index is 1090. The molecule has 12 nitrogen and oxygen atoms in total. The van der Waals surface area contributed by atoms with Gasteiger partial charge >= 0.3 is 35.6 Å². The lowest BCUT2D eigenvalue weighted by atomic mass is 9.76. The molecule has 3 fully saturated rings. The summed E-state index contributed by atoms with van der Waals surface area (Å²) in [5.74, 6) is -0.883. The summed E-state index contributed by atoms with van der Waals surface area (Å²) in [6.45, 7) is 11.7. The molecule has 0 heterocycles. The first kappa shape index (κ1) is 32.8. The normalized spacial score (nSPS) is 25.1. The van der Waals surface area contributed by atoms with E-state index in [0.29, 0.717) is 72.6 Å². The van der Waals surface area contributed by atoms with E-state index in [0.717, 1.165) is 25.7 Å². The highest BCUT2D eigenvalue weighted by Gasteiger charge is 2.55. The minimum atomic E-state index is -0.703. The molecular weight excluding hydrogens is 544 g/mol. The van der Waals surface area contributed by atoms with E-state index in [4.69, 9.17) is 9.47 Å². The van der Waals surface area contributed by atoms with Gasteiger partial charge in [0, 0.05) is 37.3 Å². The van der Waals surface area contributed by atoms with Crippen molar-refractivity contribution in [1.82, 2.24) is 21.3 Å². The van der Waals surface area contributed by atoms with Crippen LogP contribution < -0.4 is 21.3 Å². The van der Waals surface area contributed by atoms with E-state index in [9.17, 15) is 28.8 Å². The van der Waals surface area contributed by atoms with Crippen molar-refractivity contribution in [3.63, 3.8) is 0 Å². The standard InChI is InChI=1S/C30H44N4O8/c1-17(2)29(39)41-9-5-7-31-25(35)27(37)33-15-19-11-22-20-13-21(23(14-20)24(22)12-19)16-34-28(38)26(36)32-8-6-10-42-30(40)18(3)4/h19-24H,1,3,5-16H2,2,4H3,(H,31,35)(H,32,36)(H,33,37)(H,34,38). The van der Waals surface area contributed by atoms with E-state index < -0.39 is 35.6 Å². The van der Waals surface area contributed by atoms with Crippen molar-refractivity contribution in [2.24, 2.45) is 35.5 Å². The zero-order valence-electron chi connectivity index (χ0n) is 24.6. The monoisotopic (exact) mass is 588 g/mol. The maximum atomic E-state index is 12.3. The highest BCUT2D eigenvalue weighted by Crippen LogP contribution is 2.61. The molecule has 0 spiro atoms. The van der Waals surface area contributed by atoms with Crippen LogP contribution in [0.3, 0.4) is 0 Å². The van der Waals surface area contributed by atoms with Gasteiger partial charge in [-0.1, -0.05) is 13.2 Å². The molecule has 3 rings (SSSR count). The number of rotatable bonds is 14. The van der Waals surface area contributed by atoms with Crippen molar-refractivity contribution >= 4 is 35.6 Å². The van der Waals surface area contributed by atoms with Crippen LogP contribution in [-0.2, 0) is 38.2 Å². The second-order valence-corrected chi connectivity index (χ2v) is 11.8. The molecule has 6 unspecified atom stereocenters. The Labute approximate surface area is 246 Å². The van der Waals surface area contributed by atoms with Crippen molar-refractivity contribution < 1.29 is 38.2 Å². The lowest BCUT2D eigenvalue weighted by Gasteiger charge is -2.31. The SMILES string of the molecule is C=C(C)C(=O)OCCCNC(=O)C(=O)NCC1CC2C3CC(CNC(=O)C(=O)NCCCOC(=O)C(=C)C)C(C3)C2C1. The molecule has 0 aromatic carbocycles. The van der Waals surface area contributed by atoms with E-state index in [-0.39, 0.29) is 26.3 Å². The molecule has 4 N–H and O–H groups in total. The minimum Gasteiger partial charge on any atom is -0.462 e. The van der Waals surface area contributed by atoms with Crippen LogP contribution in [0.25, 0.3) is 0 Å². The Balaban J connectivity index is 1.29. The molecule has 3 aliphatic carbocycles. The molecule has 0 radical (unpaired) electrons. The van der Waals surface area contributed by atoms with Gasteiger partial charge in [-0.25, -0.2) is 9.59 Å². The van der Waals surface area contributed by atoms with Crippen LogP contribution in [0.15, 0.2) is 24.3 Å². The fourth-order valence-corrected chi connectivity index (χ4v) is 6.63. The van der Waals surface area contributed by atoms with E-state index in [2.05, 4.69) is 34.4 Å². The van der Waals surface area contributed by atoms with Gasteiger partial charge in [0.05, 0.1) is 13.2 Å². The molecule has 6 atom stereocenters. The van der Waals surface area contributed by atoms with Crippen molar-refractivity contribution in [2.75, 3.05) is 39.4 Å². The van der Waals surface area contributed by atoms with E-state index in [1.165, 1.54) is 0 Å². The third kappa shape index (κ3) is 9.15. The number of esters is 2. The van der Waals surface area contributed by atoms with Gasteiger partial charge in [0.25, 0.3) is 0 Å². The van der Waals surface area contributed by atoms with Gasteiger partial charge in [-0.2, -0.15) is 0 Å². The molecule has 3 aliphatic rings. The Morgan fingerprint density at radius 3 is 1.62 bits per heavy atom. The fourth-order valence-electron chi connectivity index (χ4n) is 6.63. The fraction of sp³-hybridized carbons (Fsp3) is 0.667. The molecule has 232 valence electrons. The minimum absolute atomic E-state index is 0.134. The zero-order chi connectivity index (χ0) is 30.8. The quantitative estimate of drug-likeness (QED) is 0.0998. The molecule has 0 aromatic rings. The number of carbonyl (C=O) groups is 6. The van der Waals surface area contributed by atoms with Gasteiger partial charge < -0.3 is 30.7 Å². The number of hydrogen-bond donors (Lipinski definition) is 4. The molecule has 3 saturated carbocycles. The maximum Gasteiger partial charge on any atom is 0.333 e. The second kappa shape index (κ2) is 15.5. The van der Waals surface area contributed by atoms with Gasteiger partial charge in [-0.3, -0.25) is 19.2 Å². The first-order valence-corrected chi connectivity index (χ1v) is 14.7. The molecule has 12 heteroatoms. The molecule has 2 bridgehead atoms. The van der Waals surface area contributed by atoms with Gasteiger partial charge in [-0.05, 0) is 87.9 Å². The molecule has 4 amide bonds. The Kier molecular flexibility index (Phi) is 12.1. The predicted molar refractivity (Wildman–Crippen MR) is 152 cm³/mol. The summed E-state index contributed by atoms with van der Waals surface area (Å²) < 4.78 is 9.91. The molecule has 0 aromatic heterocycles. The Hall–Kier alpha value is -3.70. The molecule has 0 aliphatic heterocycles. The summed E-state index contributed by atoms with van der Waals surface area (Å²) in [4.78, 5) is 71.4. The van der Waals surface area contributed by atoms with Crippen LogP contribution in [-0.4, -0.2) is 75.0 Å². The lowest BCUT2D eigenvalue weighted by Crippen LogP contribution is -2.43. The van der Waals surface area contributed by atoms with Crippen LogP contribution in [0.5, 0.6) is 0 Å². The van der Waals surface area contributed by atoms with Crippen molar-refractivity contribution in [3.8, 4) is 0 Å². The third-order valence-corrected chi connectivity index (χ3v) is 8.57. The molecule has 42 heavy (non-hydrogen) atoms. The molecule has 0 saturated heterocycles. The van der Waals surface area contributed by atoms with Crippen LogP contribution in [0.2, 0.25) is 0 Å². The van der Waals surface area contributed by atoms with Crippen LogP contribution in [0, 0.1) is 35.5 Å². The van der Waals surface area contributed by atoms with Gasteiger partial charge in [-0.15, -0.1) is 0 Å². The van der Waals surface area contributed by atoms with E-state index in [1.54, 1.807) is 13.8 Å². The van der Waals surface area contributed by atoms with Crippen molar-refractivity contribution in [2.45, 2.75) is 52.4 Å². The summed E-state index contributed by atoms with van der Waals surface area (Å²) in [5, 5.41) is 10.6. The largest absolute Gasteiger partial charge is 0.462 e. The number of nitrogens with one attached hydrogen (secondary N) is 4. The van der Waals surface area contributed by atoms with Gasteiger partial charge in [0.2, 0.25) is 0 Å². The molecular formula is C30H44N4O8. The highest BCUT2D eigenvalue weighted by molar-refractivity contribution is 6.35. The number of ether oxygens (including phenoxy) is 2. The lowest BCUT2D eigenvalue weighted by molar-refractivity contribution is -0.140. The third-order valence-electron chi connectivity index (χ3n) is 8.57. The number of carbonyl (C=O) groups excluding carboxylic acids is 6. The average molecular weight is 589 g/mol. The highest BCUT2D eigenvalue weighted by atomic mass is 16.5. The van der Waals surface area contributed by atoms with Gasteiger partial charge in [0.1, 0.15) is 0 Å². The first-order chi connectivity index (χ1) is 20.0. The van der Waals surface area contributed by atoms with Crippen molar-refractivity contribution in [1.29, 1.82) is 0 Å². The summed E-state index contributed by atoms with van der Waals surface area (Å²) in [6, 6.07) is 0. The first-order valence-electron chi connectivity index (χ1n) is 14.7.